The molecule has 2 aromatic carbocycles. The number of aliphatic hydroxyl groups excluding tert-OH is 1. The van der Waals surface area contributed by atoms with Crippen LogP contribution in [0.4, 0.5) is 4.39 Å². The minimum absolute atomic E-state index is 0.215. The van der Waals surface area contributed by atoms with Gasteiger partial charge in [0.05, 0.1) is 7.11 Å². The molecule has 0 spiro atoms. The molecule has 0 amide bonds. The van der Waals surface area contributed by atoms with Crippen molar-refractivity contribution in [2.75, 3.05) is 20.7 Å². The second-order valence-electron chi connectivity index (χ2n) is 5.98. The smallest absolute Gasteiger partial charge is 0.191 e. The Hall–Kier alpha value is -2.64. The molecule has 3 rings (SSSR count). The fourth-order valence-electron chi connectivity index (χ4n) is 2.69. The molecule has 1 aromatic heterocycles. The van der Waals surface area contributed by atoms with Crippen molar-refractivity contribution in [3.8, 4) is 5.75 Å². The lowest BCUT2D eigenvalue weighted by Crippen LogP contribution is -2.38. The van der Waals surface area contributed by atoms with Crippen LogP contribution in [0.15, 0.2) is 53.5 Å². The van der Waals surface area contributed by atoms with Gasteiger partial charge < -0.3 is 20.5 Å². The molecule has 0 aliphatic heterocycles. The predicted octanol–water partition coefficient (Wildman–Crippen LogP) is 3.45. The molecule has 1 atom stereocenters. The zero-order chi connectivity index (χ0) is 19.2. The van der Waals surface area contributed by atoms with Gasteiger partial charge in [-0.15, -0.1) is 11.3 Å². The first-order valence-corrected chi connectivity index (χ1v) is 9.36. The van der Waals surface area contributed by atoms with E-state index in [0.717, 1.165) is 20.5 Å². The van der Waals surface area contributed by atoms with Crippen LogP contribution in [-0.4, -0.2) is 31.8 Å². The van der Waals surface area contributed by atoms with Crippen molar-refractivity contribution in [3.63, 3.8) is 0 Å². The number of rotatable bonds is 6. The van der Waals surface area contributed by atoms with Gasteiger partial charge >= 0.3 is 0 Å². The zero-order valence-corrected chi connectivity index (χ0v) is 16.0. The van der Waals surface area contributed by atoms with Crippen molar-refractivity contribution in [3.05, 3.63) is 64.8 Å². The lowest BCUT2D eigenvalue weighted by Gasteiger charge is -2.15. The van der Waals surface area contributed by atoms with Gasteiger partial charge in [-0.25, -0.2) is 4.39 Å². The maximum atomic E-state index is 13.8. The Labute approximate surface area is 161 Å². The van der Waals surface area contributed by atoms with Gasteiger partial charge in [-0.1, -0.05) is 24.3 Å². The number of thiophene rings is 1. The maximum Gasteiger partial charge on any atom is 0.191 e. The molecule has 0 aliphatic rings. The molecule has 7 heteroatoms. The van der Waals surface area contributed by atoms with Crippen LogP contribution in [0.5, 0.6) is 5.75 Å². The number of ether oxygens (including phenoxy) is 1. The minimum Gasteiger partial charge on any atom is -0.494 e. The van der Waals surface area contributed by atoms with Crippen LogP contribution in [0, 0.1) is 5.82 Å². The van der Waals surface area contributed by atoms with Crippen molar-refractivity contribution in [2.24, 2.45) is 4.99 Å². The molecule has 0 saturated heterocycles. The summed E-state index contributed by atoms with van der Waals surface area (Å²) in [5.41, 5.74) is 0.765. The Kier molecular flexibility index (Phi) is 6.26. The lowest BCUT2D eigenvalue weighted by atomic mass is 10.2. The highest BCUT2D eigenvalue weighted by molar-refractivity contribution is 7.19. The van der Waals surface area contributed by atoms with E-state index in [2.05, 4.69) is 15.6 Å². The van der Waals surface area contributed by atoms with E-state index in [0.29, 0.717) is 19.0 Å². The monoisotopic (exact) mass is 387 g/mol. The highest BCUT2D eigenvalue weighted by Gasteiger charge is 2.12. The highest BCUT2D eigenvalue weighted by atomic mass is 32.1. The van der Waals surface area contributed by atoms with Crippen molar-refractivity contribution in [2.45, 2.75) is 12.6 Å². The Bertz CT molecular complexity index is 909. The van der Waals surface area contributed by atoms with Crippen LogP contribution in [0.3, 0.4) is 0 Å². The fourth-order valence-corrected chi connectivity index (χ4v) is 3.74. The van der Waals surface area contributed by atoms with Crippen molar-refractivity contribution in [1.82, 2.24) is 10.6 Å². The van der Waals surface area contributed by atoms with E-state index >= 15 is 0 Å². The van der Waals surface area contributed by atoms with Gasteiger partial charge in [0.1, 0.15) is 6.10 Å². The van der Waals surface area contributed by atoms with E-state index < -0.39 is 11.9 Å². The average molecular weight is 387 g/mol. The van der Waals surface area contributed by atoms with Crippen molar-refractivity contribution >= 4 is 27.4 Å². The Balaban J connectivity index is 1.54. The summed E-state index contributed by atoms with van der Waals surface area (Å²) >= 11 is 1.58. The molecular formula is C20H22FN3O2S. The summed E-state index contributed by atoms with van der Waals surface area (Å²) in [5, 5.41) is 17.8. The molecule has 3 aromatic rings. The molecule has 5 nitrogen and oxygen atoms in total. The molecule has 0 radical (unpaired) electrons. The second kappa shape index (κ2) is 8.83. The molecule has 142 valence electrons. The summed E-state index contributed by atoms with van der Waals surface area (Å²) in [6.45, 7) is 0.725. The van der Waals surface area contributed by atoms with Crippen LogP contribution in [0.2, 0.25) is 0 Å². The number of hydrogen-bond acceptors (Lipinski definition) is 4. The number of aliphatic hydroxyl groups is 1. The summed E-state index contributed by atoms with van der Waals surface area (Å²) in [4.78, 5) is 5.04. The van der Waals surface area contributed by atoms with Gasteiger partial charge in [0.25, 0.3) is 0 Å². The molecule has 0 aliphatic carbocycles. The van der Waals surface area contributed by atoms with Crippen LogP contribution in [0.25, 0.3) is 10.1 Å². The van der Waals surface area contributed by atoms with Gasteiger partial charge in [-0.2, -0.15) is 0 Å². The van der Waals surface area contributed by atoms with Crippen LogP contribution < -0.4 is 15.4 Å². The Morgan fingerprint density at radius 1 is 1.22 bits per heavy atom. The summed E-state index contributed by atoms with van der Waals surface area (Å²) in [7, 11) is 3.08. The molecule has 27 heavy (non-hydrogen) atoms. The van der Waals surface area contributed by atoms with Gasteiger partial charge in [0, 0.05) is 29.7 Å². The number of benzene rings is 2. The van der Waals surface area contributed by atoms with Gasteiger partial charge in [0.15, 0.2) is 17.5 Å². The summed E-state index contributed by atoms with van der Waals surface area (Å²) in [5.74, 6) is 0.346. The standard InChI is InChI=1S/C20H22FN3O2S/c1-22-20(23-11-13-7-8-17(26-2)15(21)9-13)24-12-16(25)19-10-14-5-3-4-6-18(14)27-19/h3-10,16,25H,11-12H2,1-2H3,(H2,22,23,24). The van der Waals surface area contributed by atoms with Crippen molar-refractivity contribution < 1.29 is 14.2 Å². The number of nitrogens with zero attached hydrogens (tertiary/aromatic N) is 1. The maximum absolute atomic E-state index is 13.8. The van der Waals surface area contributed by atoms with E-state index in [1.165, 1.54) is 13.2 Å². The van der Waals surface area contributed by atoms with E-state index in [1.807, 2.05) is 30.3 Å². The molecule has 0 bridgehead atoms. The topological polar surface area (TPSA) is 65.9 Å². The largest absolute Gasteiger partial charge is 0.494 e. The number of aliphatic imine (C=N–C) groups is 1. The quantitative estimate of drug-likeness (QED) is 0.448. The number of guanidine groups is 1. The predicted molar refractivity (Wildman–Crippen MR) is 108 cm³/mol. The highest BCUT2D eigenvalue weighted by Crippen LogP contribution is 2.29. The number of hydrogen-bond donors (Lipinski definition) is 3. The average Bonchev–Trinajstić information content (AvgIpc) is 3.12. The van der Waals surface area contributed by atoms with Crippen molar-refractivity contribution in [1.29, 1.82) is 0 Å². The summed E-state index contributed by atoms with van der Waals surface area (Å²) in [6.07, 6.45) is -0.639. The molecule has 1 unspecified atom stereocenters. The third-order valence-corrected chi connectivity index (χ3v) is 5.35. The Morgan fingerprint density at radius 3 is 2.74 bits per heavy atom. The summed E-state index contributed by atoms with van der Waals surface area (Å²) < 4.78 is 19.8. The first-order chi connectivity index (χ1) is 13.1. The third-order valence-electron chi connectivity index (χ3n) is 4.14. The third kappa shape index (κ3) is 4.75. The molecule has 0 saturated carbocycles. The Morgan fingerprint density at radius 2 is 2.04 bits per heavy atom. The fraction of sp³-hybridized carbons (Fsp3) is 0.250. The van der Waals surface area contributed by atoms with Gasteiger partial charge in [0.2, 0.25) is 0 Å². The van der Waals surface area contributed by atoms with E-state index in [-0.39, 0.29) is 5.75 Å². The second-order valence-corrected chi connectivity index (χ2v) is 7.09. The van der Waals surface area contributed by atoms with Gasteiger partial charge in [-0.3, -0.25) is 4.99 Å². The molecule has 0 fully saturated rings. The first-order valence-electron chi connectivity index (χ1n) is 8.54. The minimum atomic E-state index is -0.639. The SMILES string of the molecule is CN=C(NCc1ccc(OC)c(F)c1)NCC(O)c1cc2ccccc2s1. The van der Waals surface area contributed by atoms with Crippen LogP contribution >= 0.6 is 11.3 Å². The number of fused-ring (bicyclic) bond motifs is 1. The molecule has 3 N–H and O–H groups in total. The van der Waals surface area contributed by atoms with E-state index in [9.17, 15) is 9.50 Å². The number of halogens is 1. The number of nitrogens with one attached hydrogen (secondary N) is 2. The zero-order valence-electron chi connectivity index (χ0n) is 15.2. The summed E-state index contributed by atoms with van der Waals surface area (Å²) in [6, 6.07) is 14.8. The normalized spacial score (nSPS) is 12.8. The van der Waals surface area contributed by atoms with E-state index in [4.69, 9.17) is 4.74 Å². The van der Waals surface area contributed by atoms with Crippen LogP contribution in [-0.2, 0) is 6.54 Å². The number of methoxy groups -OCH3 is 1. The van der Waals surface area contributed by atoms with E-state index in [1.54, 1.807) is 30.5 Å². The molecule has 1 heterocycles. The molecular weight excluding hydrogens is 365 g/mol. The van der Waals surface area contributed by atoms with Gasteiger partial charge in [-0.05, 0) is 35.2 Å². The first kappa shape index (κ1) is 19.1. The van der Waals surface area contributed by atoms with Crippen LogP contribution in [0.1, 0.15) is 16.5 Å². The lowest BCUT2D eigenvalue weighted by molar-refractivity contribution is 0.184.